The lowest BCUT2D eigenvalue weighted by atomic mass is 10.1. The second kappa shape index (κ2) is 7.19. The van der Waals surface area contributed by atoms with Gasteiger partial charge in [-0.25, -0.2) is 0 Å². The third-order valence-corrected chi connectivity index (χ3v) is 3.16. The van der Waals surface area contributed by atoms with Crippen molar-refractivity contribution in [3.63, 3.8) is 0 Å². The summed E-state index contributed by atoms with van der Waals surface area (Å²) in [4.78, 5) is 0. The lowest BCUT2D eigenvalue weighted by molar-refractivity contribution is 0.150. The highest BCUT2D eigenvalue weighted by Gasteiger charge is 2.16. The second-order valence-corrected chi connectivity index (χ2v) is 4.94. The van der Waals surface area contributed by atoms with E-state index in [-0.39, 0.29) is 0 Å². The molecule has 0 fully saturated rings. The van der Waals surface area contributed by atoms with Gasteiger partial charge in [-0.1, -0.05) is 11.6 Å². The van der Waals surface area contributed by atoms with E-state index in [2.05, 4.69) is 5.32 Å². The summed E-state index contributed by atoms with van der Waals surface area (Å²) in [6.45, 7) is 3.54. The highest BCUT2D eigenvalue weighted by atomic mass is 35.5. The third-order valence-electron chi connectivity index (χ3n) is 2.79. The van der Waals surface area contributed by atoms with E-state index in [1.165, 1.54) is 5.56 Å². The number of hydrogen-bond acceptors (Lipinski definition) is 3. The number of nitrogens with one attached hydrogen (secondary N) is 1. The molecule has 0 bridgehead atoms. The number of hydrogen-bond donors (Lipinski definition) is 1. The first-order chi connectivity index (χ1) is 8.81. The van der Waals surface area contributed by atoms with Gasteiger partial charge >= 0.3 is 0 Å². The maximum atomic E-state index is 6.09. The van der Waals surface area contributed by atoms with Crippen LogP contribution in [0.5, 0.6) is 5.75 Å². The monoisotopic (exact) mass is 289 g/mol. The average molecular weight is 290 g/mol. The number of rotatable bonds is 7. The predicted octanol–water partition coefficient (Wildman–Crippen LogP) is 2.62. The first-order valence-electron chi connectivity index (χ1n) is 6.10. The maximum Gasteiger partial charge on any atom is 0.127 e. The molecule has 100 valence electrons. The van der Waals surface area contributed by atoms with Gasteiger partial charge in [0.15, 0.2) is 0 Å². The molecule has 0 radical (unpaired) electrons. The molecular formula is C13H17Cl2NO2. The van der Waals surface area contributed by atoms with Crippen molar-refractivity contribution < 1.29 is 9.47 Å². The van der Waals surface area contributed by atoms with E-state index in [4.69, 9.17) is 32.7 Å². The van der Waals surface area contributed by atoms with Crippen molar-refractivity contribution >= 4 is 23.2 Å². The van der Waals surface area contributed by atoms with Crippen LogP contribution in [0.3, 0.4) is 0 Å². The lowest BCUT2D eigenvalue weighted by Gasteiger charge is -2.10. The van der Waals surface area contributed by atoms with E-state index in [0.717, 1.165) is 42.5 Å². The van der Waals surface area contributed by atoms with Crippen molar-refractivity contribution in [3.05, 3.63) is 28.3 Å². The quantitative estimate of drug-likeness (QED) is 0.618. The van der Waals surface area contributed by atoms with E-state index >= 15 is 0 Å². The molecule has 1 aromatic carbocycles. The smallest absolute Gasteiger partial charge is 0.127 e. The van der Waals surface area contributed by atoms with Crippen LogP contribution in [0.2, 0.25) is 5.02 Å². The Hall–Kier alpha value is -0.480. The number of ether oxygens (including phenoxy) is 2. The molecule has 0 atom stereocenters. The predicted molar refractivity (Wildman–Crippen MR) is 73.9 cm³/mol. The van der Waals surface area contributed by atoms with Crippen LogP contribution in [0, 0.1) is 0 Å². The summed E-state index contributed by atoms with van der Waals surface area (Å²) >= 11 is 11.6. The molecule has 0 aliphatic carbocycles. The molecule has 1 heterocycles. The maximum absolute atomic E-state index is 6.09. The molecule has 0 spiro atoms. The Labute approximate surface area is 117 Å². The molecule has 5 heteroatoms. The van der Waals surface area contributed by atoms with Crippen molar-refractivity contribution in [3.8, 4) is 5.75 Å². The van der Waals surface area contributed by atoms with Crippen LogP contribution in [0.25, 0.3) is 0 Å². The van der Waals surface area contributed by atoms with Gasteiger partial charge in [0.1, 0.15) is 5.75 Å². The van der Waals surface area contributed by atoms with Crippen LogP contribution in [0.4, 0.5) is 0 Å². The number of alkyl halides is 1. The lowest BCUT2D eigenvalue weighted by Crippen LogP contribution is -2.20. The van der Waals surface area contributed by atoms with Gasteiger partial charge in [-0.3, -0.25) is 0 Å². The summed E-state index contributed by atoms with van der Waals surface area (Å²) in [6.07, 6.45) is 0.946. The van der Waals surface area contributed by atoms with Crippen molar-refractivity contribution in [1.82, 2.24) is 5.32 Å². The molecule has 3 nitrogen and oxygen atoms in total. The number of fused-ring (bicyclic) bond motifs is 1. The Kier molecular flexibility index (Phi) is 5.57. The molecule has 1 aliphatic heterocycles. The zero-order chi connectivity index (χ0) is 12.8. The first-order valence-corrected chi connectivity index (χ1v) is 7.01. The van der Waals surface area contributed by atoms with E-state index < -0.39 is 0 Å². The fourth-order valence-corrected chi connectivity index (χ4v) is 2.37. The molecule has 0 saturated heterocycles. The van der Waals surface area contributed by atoms with Crippen LogP contribution in [0.1, 0.15) is 11.1 Å². The second-order valence-electron chi connectivity index (χ2n) is 4.13. The zero-order valence-electron chi connectivity index (χ0n) is 10.2. The summed E-state index contributed by atoms with van der Waals surface area (Å²) in [7, 11) is 0. The average Bonchev–Trinajstić information content (AvgIpc) is 2.81. The highest BCUT2D eigenvalue weighted by molar-refractivity contribution is 6.30. The summed E-state index contributed by atoms with van der Waals surface area (Å²) < 4.78 is 10.9. The molecule has 0 aromatic heterocycles. The molecule has 18 heavy (non-hydrogen) atoms. The minimum Gasteiger partial charge on any atom is -0.493 e. The normalized spacial score (nSPS) is 13.4. The van der Waals surface area contributed by atoms with E-state index in [1.54, 1.807) is 0 Å². The Balaban J connectivity index is 1.82. The van der Waals surface area contributed by atoms with Crippen molar-refractivity contribution in [1.29, 1.82) is 0 Å². The molecule has 0 amide bonds. The molecule has 1 N–H and O–H groups in total. The topological polar surface area (TPSA) is 30.5 Å². The number of benzene rings is 1. The molecule has 0 saturated carbocycles. The Morgan fingerprint density at radius 3 is 3.06 bits per heavy atom. The molecule has 1 aromatic rings. The zero-order valence-corrected chi connectivity index (χ0v) is 11.7. The Bertz CT molecular complexity index is 399. The van der Waals surface area contributed by atoms with Gasteiger partial charge in [0, 0.05) is 36.0 Å². The van der Waals surface area contributed by atoms with Gasteiger partial charge in [0.2, 0.25) is 0 Å². The van der Waals surface area contributed by atoms with Crippen LogP contribution >= 0.6 is 23.2 Å². The fourth-order valence-electron chi connectivity index (χ4n) is 2.00. The van der Waals surface area contributed by atoms with E-state index in [0.29, 0.717) is 19.1 Å². The van der Waals surface area contributed by atoms with Crippen molar-refractivity contribution in [2.45, 2.75) is 13.0 Å². The minimum atomic E-state index is 0.537. The largest absolute Gasteiger partial charge is 0.493 e. The van der Waals surface area contributed by atoms with E-state index in [9.17, 15) is 0 Å². The molecule has 2 rings (SSSR count). The summed E-state index contributed by atoms with van der Waals surface area (Å²) in [5.41, 5.74) is 2.32. The minimum absolute atomic E-state index is 0.537. The standard InChI is InChI=1S/C13H17Cl2NO2/c14-2-5-17-6-3-16-9-11-8-12(15)7-10-1-4-18-13(10)11/h7-8,16H,1-6,9H2. The van der Waals surface area contributed by atoms with Crippen LogP contribution in [-0.2, 0) is 17.7 Å². The third kappa shape index (κ3) is 3.75. The van der Waals surface area contributed by atoms with Gasteiger partial charge < -0.3 is 14.8 Å². The summed E-state index contributed by atoms with van der Waals surface area (Å²) in [5, 5.41) is 4.08. The van der Waals surface area contributed by atoms with Crippen LogP contribution in [-0.4, -0.2) is 32.2 Å². The van der Waals surface area contributed by atoms with Gasteiger partial charge in [-0.05, 0) is 17.7 Å². The van der Waals surface area contributed by atoms with Gasteiger partial charge in [-0.2, -0.15) is 0 Å². The molecular weight excluding hydrogens is 273 g/mol. The van der Waals surface area contributed by atoms with Gasteiger partial charge in [0.25, 0.3) is 0 Å². The van der Waals surface area contributed by atoms with Crippen LogP contribution < -0.4 is 10.1 Å². The van der Waals surface area contributed by atoms with E-state index in [1.807, 2.05) is 12.1 Å². The van der Waals surface area contributed by atoms with Crippen LogP contribution in [0.15, 0.2) is 12.1 Å². The Morgan fingerprint density at radius 1 is 1.33 bits per heavy atom. The van der Waals surface area contributed by atoms with Gasteiger partial charge in [-0.15, -0.1) is 11.6 Å². The first kappa shape index (κ1) is 13.9. The summed E-state index contributed by atoms with van der Waals surface area (Å²) in [6, 6.07) is 3.94. The van der Waals surface area contributed by atoms with Crippen molar-refractivity contribution in [2.24, 2.45) is 0 Å². The van der Waals surface area contributed by atoms with Crippen molar-refractivity contribution in [2.75, 3.05) is 32.2 Å². The summed E-state index contributed by atoms with van der Waals surface area (Å²) in [5.74, 6) is 1.53. The van der Waals surface area contributed by atoms with Gasteiger partial charge in [0.05, 0.1) is 19.8 Å². The Morgan fingerprint density at radius 2 is 2.22 bits per heavy atom. The molecule has 1 aliphatic rings. The number of halogens is 2. The fraction of sp³-hybridized carbons (Fsp3) is 0.538. The molecule has 0 unspecified atom stereocenters. The highest BCUT2D eigenvalue weighted by Crippen LogP contribution is 2.32. The SMILES string of the molecule is ClCCOCCNCc1cc(Cl)cc2c1OCC2.